The molecule has 0 saturated heterocycles. The van der Waals surface area contributed by atoms with E-state index in [1.54, 1.807) is 36.4 Å². The molecule has 0 unspecified atom stereocenters. The van der Waals surface area contributed by atoms with Crippen molar-refractivity contribution in [1.29, 1.82) is 10.5 Å². The van der Waals surface area contributed by atoms with E-state index in [1.165, 1.54) is 0 Å². The second-order valence-corrected chi connectivity index (χ2v) is 3.21. The van der Waals surface area contributed by atoms with Crippen LogP contribution in [0.15, 0.2) is 29.4 Å². The van der Waals surface area contributed by atoms with E-state index in [1.807, 2.05) is 0 Å². The molecule has 0 aliphatic heterocycles. The average Bonchev–Trinajstić information content (AvgIpc) is 2.39. The van der Waals surface area contributed by atoms with Gasteiger partial charge in [-0.2, -0.15) is 15.6 Å². The standard InChI is InChI=1S/C11H10N6O/c12-5-10(6-13)17-16-9-3-1-8(2-4-9)7-15-11(14)18/h1-4,16H,7H2,(H3,14,15,18). The van der Waals surface area contributed by atoms with Gasteiger partial charge >= 0.3 is 6.03 Å². The molecule has 0 spiro atoms. The predicted molar refractivity (Wildman–Crippen MR) is 65.1 cm³/mol. The number of anilines is 1. The first-order valence-corrected chi connectivity index (χ1v) is 4.92. The largest absolute Gasteiger partial charge is 0.352 e. The number of nitrogens with two attached hydrogens (primary N) is 1. The van der Waals surface area contributed by atoms with Gasteiger partial charge in [0.2, 0.25) is 5.71 Å². The summed E-state index contributed by atoms with van der Waals surface area (Å²) < 4.78 is 0. The molecule has 0 fully saturated rings. The van der Waals surface area contributed by atoms with E-state index in [9.17, 15) is 4.79 Å². The number of hydrogen-bond acceptors (Lipinski definition) is 5. The quantitative estimate of drug-likeness (QED) is 0.529. The number of nitrogens with one attached hydrogen (secondary N) is 2. The Bertz CT molecular complexity index is 518. The number of carbonyl (C=O) groups excluding carboxylic acids is 1. The number of amides is 2. The third-order valence-corrected chi connectivity index (χ3v) is 1.93. The van der Waals surface area contributed by atoms with Crippen LogP contribution in [0.3, 0.4) is 0 Å². The van der Waals surface area contributed by atoms with Crippen LogP contribution in [0.4, 0.5) is 10.5 Å². The predicted octanol–water partition coefficient (Wildman–Crippen LogP) is 0.670. The Morgan fingerprint density at radius 2 is 1.89 bits per heavy atom. The number of hydrogen-bond donors (Lipinski definition) is 3. The summed E-state index contributed by atoms with van der Waals surface area (Å²) in [5.74, 6) is 0. The summed E-state index contributed by atoms with van der Waals surface area (Å²) in [4.78, 5) is 10.5. The third kappa shape index (κ3) is 4.21. The smallest absolute Gasteiger partial charge is 0.312 e. The fraction of sp³-hybridized carbons (Fsp3) is 0.0909. The minimum atomic E-state index is -0.588. The number of carbonyl (C=O) groups is 1. The average molecular weight is 242 g/mol. The Balaban J connectivity index is 2.61. The number of urea groups is 1. The van der Waals surface area contributed by atoms with Crippen LogP contribution in [0, 0.1) is 22.7 Å². The Labute approximate surface area is 104 Å². The van der Waals surface area contributed by atoms with Crippen LogP contribution in [0.25, 0.3) is 0 Å². The zero-order valence-corrected chi connectivity index (χ0v) is 9.34. The van der Waals surface area contributed by atoms with Gasteiger partial charge in [0.1, 0.15) is 12.1 Å². The van der Waals surface area contributed by atoms with Crippen LogP contribution < -0.4 is 16.5 Å². The lowest BCUT2D eigenvalue weighted by Crippen LogP contribution is -2.28. The molecule has 0 saturated carbocycles. The molecule has 90 valence electrons. The Kier molecular flexibility index (Phi) is 4.70. The molecule has 7 nitrogen and oxygen atoms in total. The zero-order valence-electron chi connectivity index (χ0n) is 9.34. The van der Waals surface area contributed by atoms with Crippen molar-refractivity contribution in [3.63, 3.8) is 0 Å². The van der Waals surface area contributed by atoms with Gasteiger partial charge in [-0.1, -0.05) is 12.1 Å². The molecule has 0 aliphatic rings. The van der Waals surface area contributed by atoms with E-state index < -0.39 is 6.03 Å². The molecule has 0 bridgehead atoms. The third-order valence-electron chi connectivity index (χ3n) is 1.93. The monoisotopic (exact) mass is 242 g/mol. The maximum absolute atomic E-state index is 10.5. The molecule has 0 atom stereocenters. The molecule has 1 aromatic carbocycles. The summed E-state index contributed by atoms with van der Waals surface area (Å²) in [6.45, 7) is 0.334. The van der Waals surface area contributed by atoms with Crippen LogP contribution in [0.2, 0.25) is 0 Å². The van der Waals surface area contributed by atoms with Crippen molar-refractivity contribution in [2.24, 2.45) is 10.8 Å². The number of hydrazone groups is 1. The van der Waals surface area contributed by atoms with Gasteiger partial charge in [0.25, 0.3) is 0 Å². The molecular formula is C11H10N6O. The minimum absolute atomic E-state index is 0.255. The van der Waals surface area contributed by atoms with Crippen molar-refractivity contribution in [3.05, 3.63) is 29.8 Å². The second kappa shape index (κ2) is 6.51. The van der Waals surface area contributed by atoms with Crippen molar-refractivity contribution in [1.82, 2.24) is 5.32 Å². The molecule has 1 aromatic rings. The van der Waals surface area contributed by atoms with Crippen molar-refractivity contribution in [2.45, 2.75) is 6.54 Å². The number of nitrogens with zero attached hydrogens (tertiary/aromatic N) is 3. The Morgan fingerprint density at radius 1 is 1.28 bits per heavy atom. The summed E-state index contributed by atoms with van der Waals surface area (Å²) in [6, 6.07) is 9.59. The van der Waals surface area contributed by atoms with E-state index in [2.05, 4.69) is 15.8 Å². The molecule has 4 N–H and O–H groups in total. The molecule has 1 rings (SSSR count). The van der Waals surface area contributed by atoms with Crippen LogP contribution in [0.5, 0.6) is 0 Å². The highest BCUT2D eigenvalue weighted by molar-refractivity contribution is 6.10. The number of primary amides is 1. The Morgan fingerprint density at radius 3 is 2.39 bits per heavy atom. The fourth-order valence-corrected chi connectivity index (χ4v) is 1.08. The molecule has 0 aromatic heterocycles. The highest BCUT2D eigenvalue weighted by Crippen LogP contribution is 2.09. The normalized spacial score (nSPS) is 8.56. The summed E-state index contributed by atoms with van der Waals surface area (Å²) in [5.41, 5.74) is 8.75. The van der Waals surface area contributed by atoms with Crippen molar-refractivity contribution in [3.8, 4) is 12.1 Å². The lowest BCUT2D eigenvalue weighted by molar-refractivity contribution is 0.248. The van der Waals surface area contributed by atoms with Gasteiger partial charge in [0.05, 0.1) is 5.69 Å². The van der Waals surface area contributed by atoms with Crippen LogP contribution >= 0.6 is 0 Å². The second-order valence-electron chi connectivity index (χ2n) is 3.21. The van der Waals surface area contributed by atoms with Crippen molar-refractivity contribution < 1.29 is 4.79 Å². The lowest BCUT2D eigenvalue weighted by Gasteiger charge is -2.04. The van der Waals surface area contributed by atoms with E-state index >= 15 is 0 Å². The first kappa shape index (κ1) is 13.0. The SMILES string of the molecule is N#CC(C#N)=NNc1ccc(CNC(N)=O)cc1. The first-order valence-electron chi connectivity index (χ1n) is 4.92. The first-order chi connectivity index (χ1) is 8.65. The Hall–Kier alpha value is -3.06. The van der Waals surface area contributed by atoms with Crippen molar-refractivity contribution >= 4 is 17.4 Å². The molecule has 2 amide bonds. The molecule has 7 heteroatoms. The van der Waals surface area contributed by atoms with E-state index in [0.29, 0.717) is 12.2 Å². The van der Waals surface area contributed by atoms with Gasteiger partial charge in [0, 0.05) is 6.54 Å². The zero-order chi connectivity index (χ0) is 13.4. The maximum Gasteiger partial charge on any atom is 0.312 e. The number of rotatable bonds is 4. The van der Waals surface area contributed by atoms with E-state index in [4.69, 9.17) is 16.3 Å². The van der Waals surface area contributed by atoms with Crippen LogP contribution in [0.1, 0.15) is 5.56 Å². The van der Waals surface area contributed by atoms with Crippen LogP contribution in [-0.2, 0) is 6.54 Å². The molecular weight excluding hydrogens is 232 g/mol. The molecule has 0 heterocycles. The summed E-state index contributed by atoms with van der Waals surface area (Å²) in [6.07, 6.45) is 0. The van der Waals surface area contributed by atoms with Gasteiger partial charge in [-0.25, -0.2) is 4.79 Å². The van der Waals surface area contributed by atoms with Gasteiger partial charge < -0.3 is 11.1 Å². The van der Waals surface area contributed by atoms with Gasteiger partial charge in [-0.15, -0.1) is 0 Å². The van der Waals surface area contributed by atoms with Gasteiger partial charge in [-0.3, -0.25) is 5.43 Å². The highest BCUT2D eigenvalue weighted by atomic mass is 16.2. The van der Waals surface area contributed by atoms with Crippen LogP contribution in [-0.4, -0.2) is 11.7 Å². The van der Waals surface area contributed by atoms with Crippen molar-refractivity contribution in [2.75, 3.05) is 5.43 Å². The fourth-order valence-electron chi connectivity index (χ4n) is 1.08. The van der Waals surface area contributed by atoms with Gasteiger partial charge in [0.15, 0.2) is 0 Å². The summed E-state index contributed by atoms with van der Waals surface area (Å²) >= 11 is 0. The summed E-state index contributed by atoms with van der Waals surface area (Å²) in [7, 11) is 0. The molecule has 0 radical (unpaired) electrons. The molecule has 18 heavy (non-hydrogen) atoms. The minimum Gasteiger partial charge on any atom is -0.352 e. The molecule has 0 aliphatic carbocycles. The number of nitriles is 2. The van der Waals surface area contributed by atoms with E-state index in [0.717, 1.165) is 5.56 Å². The van der Waals surface area contributed by atoms with E-state index in [-0.39, 0.29) is 5.71 Å². The lowest BCUT2D eigenvalue weighted by atomic mass is 10.2. The highest BCUT2D eigenvalue weighted by Gasteiger charge is 1.97. The van der Waals surface area contributed by atoms with Gasteiger partial charge in [-0.05, 0) is 17.7 Å². The topological polar surface area (TPSA) is 127 Å². The summed E-state index contributed by atoms with van der Waals surface area (Å²) in [5, 5.41) is 23.0. The number of benzene rings is 1. The maximum atomic E-state index is 10.5.